The number of carboxylic acids is 1. The Morgan fingerprint density at radius 3 is 2.81 bits per heavy atom. The lowest BCUT2D eigenvalue weighted by Crippen LogP contribution is -2.27. The second-order valence-electron chi connectivity index (χ2n) is 4.38. The number of aromatic carboxylic acids is 1. The molecule has 0 bridgehead atoms. The van der Waals surface area contributed by atoms with Crippen LogP contribution >= 0.6 is 0 Å². The highest BCUT2D eigenvalue weighted by Crippen LogP contribution is 2.17. The summed E-state index contributed by atoms with van der Waals surface area (Å²) in [6.07, 6.45) is 1.44. The first-order chi connectivity index (χ1) is 7.46. The van der Waals surface area contributed by atoms with E-state index in [4.69, 9.17) is 10.2 Å². The molecule has 5 nitrogen and oxygen atoms in total. The number of aliphatic hydroxyl groups is 1. The molecule has 0 spiro atoms. The van der Waals surface area contributed by atoms with Crippen molar-refractivity contribution in [2.45, 2.75) is 13.8 Å². The minimum absolute atomic E-state index is 0.00348. The molecule has 1 aromatic heterocycles. The van der Waals surface area contributed by atoms with Crippen LogP contribution < -0.4 is 5.32 Å². The van der Waals surface area contributed by atoms with Gasteiger partial charge in [0.05, 0.1) is 5.69 Å². The van der Waals surface area contributed by atoms with Crippen LogP contribution in [0.15, 0.2) is 18.3 Å². The zero-order chi connectivity index (χ0) is 12.2. The number of carbonyl (C=O) groups is 1. The third kappa shape index (κ3) is 3.20. The SMILES string of the molecule is CC(C)(CO)CNc1cccnc1C(=O)O. The van der Waals surface area contributed by atoms with E-state index in [9.17, 15) is 4.79 Å². The van der Waals surface area contributed by atoms with Crippen molar-refractivity contribution in [3.8, 4) is 0 Å². The van der Waals surface area contributed by atoms with E-state index in [1.165, 1.54) is 6.20 Å². The molecule has 0 fully saturated rings. The predicted molar refractivity (Wildman–Crippen MR) is 60.6 cm³/mol. The van der Waals surface area contributed by atoms with E-state index in [1.807, 2.05) is 13.8 Å². The van der Waals surface area contributed by atoms with Crippen molar-refractivity contribution in [2.75, 3.05) is 18.5 Å². The number of carboxylic acid groups (broad SMARTS) is 1. The van der Waals surface area contributed by atoms with Gasteiger partial charge in [0.1, 0.15) is 0 Å². The molecule has 0 aliphatic rings. The molecule has 0 saturated carbocycles. The number of nitrogens with one attached hydrogen (secondary N) is 1. The van der Waals surface area contributed by atoms with Crippen LogP contribution in [0.5, 0.6) is 0 Å². The molecule has 0 aliphatic heterocycles. The quantitative estimate of drug-likeness (QED) is 0.700. The Labute approximate surface area is 94.1 Å². The molecule has 1 heterocycles. The summed E-state index contributed by atoms with van der Waals surface area (Å²) in [5.41, 5.74) is 0.166. The number of hydrogen-bond acceptors (Lipinski definition) is 4. The smallest absolute Gasteiger partial charge is 0.356 e. The molecule has 1 aromatic rings. The lowest BCUT2D eigenvalue weighted by atomic mass is 9.95. The van der Waals surface area contributed by atoms with Gasteiger partial charge in [-0.1, -0.05) is 13.8 Å². The first-order valence-electron chi connectivity index (χ1n) is 4.99. The first-order valence-corrected chi connectivity index (χ1v) is 4.99. The van der Waals surface area contributed by atoms with Crippen molar-refractivity contribution in [2.24, 2.45) is 5.41 Å². The van der Waals surface area contributed by atoms with E-state index in [0.717, 1.165) is 0 Å². The largest absolute Gasteiger partial charge is 0.476 e. The van der Waals surface area contributed by atoms with Gasteiger partial charge in [0.15, 0.2) is 5.69 Å². The second kappa shape index (κ2) is 4.94. The summed E-state index contributed by atoms with van der Waals surface area (Å²) >= 11 is 0. The van der Waals surface area contributed by atoms with Crippen LogP contribution in [0.2, 0.25) is 0 Å². The van der Waals surface area contributed by atoms with Gasteiger partial charge in [0.2, 0.25) is 0 Å². The Hall–Kier alpha value is -1.62. The van der Waals surface area contributed by atoms with Gasteiger partial charge in [0, 0.05) is 24.8 Å². The number of aliphatic hydroxyl groups excluding tert-OH is 1. The van der Waals surface area contributed by atoms with E-state index in [2.05, 4.69) is 10.3 Å². The van der Waals surface area contributed by atoms with Gasteiger partial charge in [0.25, 0.3) is 0 Å². The summed E-state index contributed by atoms with van der Waals surface area (Å²) < 4.78 is 0. The zero-order valence-corrected chi connectivity index (χ0v) is 9.40. The maximum atomic E-state index is 10.9. The van der Waals surface area contributed by atoms with Crippen LogP contribution in [-0.4, -0.2) is 34.3 Å². The average molecular weight is 224 g/mol. The number of anilines is 1. The monoisotopic (exact) mass is 224 g/mol. The number of nitrogens with zero attached hydrogens (tertiary/aromatic N) is 1. The number of pyridine rings is 1. The summed E-state index contributed by atoms with van der Waals surface area (Å²) in [6, 6.07) is 3.32. The molecule has 0 aliphatic carbocycles. The molecule has 16 heavy (non-hydrogen) atoms. The van der Waals surface area contributed by atoms with E-state index in [1.54, 1.807) is 12.1 Å². The van der Waals surface area contributed by atoms with Crippen LogP contribution in [0.1, 0.15) is 24.3 Å². The van der Waals surface area contributed by atoms with E-state index in [0.29, 0.717) is 12.2 Å². The maximum absolute atomic E-state index is 10.9. The minimum atomic E-state index is -1.06. The summed E-state index contributed by atoms with van der Waals surface area (Å²) in [4.78, 5) is 14.6. The fourth-order valence-electron chi connectivity index (χ4n) is 1.11. The van der Waals surface area contributed by atoms with E-state index >= 15 is 0 Å². The van der Waals surface area contributed by atoms with Crippen molar-refractivity contribution in [3.05, 3.63) is 24.0 Å². The third-order valence-electron chi connectivity index (χ3n) is 2.20. The van der Waals surface area contributed by atoms with Gasteiger partial charge in [-0.15, -0.1) is 0 Å². The second-order valence-corrected chi connectivity index (χ2v) is 4.38. The average Bonchev–Trinajstić information content (AvgIpc) is 2.27. The summed E-state index contributed by atoms with van der Waals surface area (Å²) in [6.45, 7) is 4.28. The van der Waals surface area contributed by atoms with Gasteiger partial charge in [-0.3, -0.25) is 0 Å². The van der Waals surface area contributed by atoms with E-state index < -0.39 is 5.97 Å². The van der Waals surface area contributed by atoms with Crippen LogP contribution in [0.4, 0.5) is 5.69 Å². The normalized spacial score (nSPS) is 11.2. The highest BCUT2D eigenvalue weighted by atomic mass is 16.4. The van der Waals surface area contributed by atoms with Crippen molar-refractivity contribution >= 4 is 11.7 Å². The first kappa shape index (κ1) is 12.4. The summed E-state index contributed by atoms with van der Waals surface area (Å²) in [5.74, 6) is -1.06. The Kier molecular flexibility index (Phi) is 3.84. The highest BCUT2D eigenvalue weighted by molar-refractivity contribution is 5.91. The molecule has 5 heteroatoms. The minimum Gasteiger partial charge on any atom is -0.476 e. The zero-order valence-electron chi connectivity index (χ0n) is 9.40. The number of rotatable bonds is 5. The Bertz CT molecular complexity index is 377. The molecule has 0 radical (unpaired) electrons. The van der Waals surface area contributed by atoms with Crippen LogP contribution in [0, 0.1) is 5.41 Å². The summed E-state index contributed by atoms with van der Waals surface area (Å²) in [7, 11) is 0. The van der Waals surface area contributed by atoms with Crippen LogP contribution in [0.25, 0.3) is 0 Å². The molecule has 0 amide bonds. The molecule has 3 N–H and O–H groups in total. The maximum Gasteiger partial charge on any atom is 0.356 e. The molecular formula is C11H16N2O3. The number of aromatic nitrogens is 1. The fourth-order valence-corrected chi connectivity index (χ4v) is 1.11. The molecule has 88 valence electrons. The van der Waals surface area contributed by atoms with Gasteiger partial charge in [-0.05, 0) is 12.1 Å². The predicted octanol–water partition coefficient (Wildman–Crippen LogP) is 1.21. The lowest BCUT2D eigenvalue weighted by molar-refractivity contribution is 0.0691. The van der Waals surface area contributed by atoms with Crippen LogP contribution in [0.3, 0.4) is 0 Å². The Balaban J connectivity index is 2.78. The fraction of sp³-hybridized carbons (Fsp3) is 0.455. The van der Waals surface area contributed by atoms with Crippen molar-refractivity contribution < 1.29 is 15.0 Å². The van der Waals surface area contributed by atoms with Gasteiger partial charge in [-0.25, -0.2) is 9.78 Å². The molecule has 0 aromatic carbocycles. The molecular weight excluding hydrogens is 208 g/mol. The third-order valence-corrected chi connectivity index (χ3v) is 2.20. The number of hydrogen-bond donors (Lipinski definition) is 3. The van der Waals surface area contributed by atoms with Crippen molar-refractivity contribution in [3.63, 3.8) is 0 Å². The topological polar surface area (TPSA) is 82.5 Å². The molecule has 1 rings (SSSR count). The molecule has 0 saturated heterocycles. The van der Waals surface area contributed by atoms with Gasteiger partial charge >= 0.3 is 5.97 Å². The summed E-state index contributed by atoms with van der Waals surface area (Å²) in [5, 5.41) is 21.0. The van der Waals surface area contributed by atoms with Crippen molar-refractivity contribution in [1.82, 2.24) is 4.98 Å². The highest BCUT2D eigenvalue weighted by Gasteiger charge is 2.18. The lowest BCUT2D eigenvalue weighted by Gasteiger charge is -2.22. The van der Waals surface area contributed by atoms with Gasteiger partial charge in [-0.2, -0.15) is 0 Å². The molecule has 0 unspecified atom stereocenters. The Morgan fingerprint density at radius 1 is 1.56 bits per heavy atom. The van der Waals surface area contributed by atoms with Crippen LogP contribution in [-0.2, 0) is 0 Å². The standard InChI is InChI=1S/C11H16N2O3/c1-11(2,7-14)6-13-8-4-3-5-12-9(8)10(15)16/h3-5,13-14H,6-7H2,1-2H3,(H,15,16). The van der Waals surface area contributed by atoms with E-state index in [-0.39, 0.29) is 17.7 Å². The van der Waals surface area contributed by atoms with Gasteiger partial charge < -0.3 is 15.5 Å². The van der Waals surface area contributed by atoms with Crippen molar-refractivity contribution in [1.29, 1.82) is 0 Å². The molecule has 0 atom stereocenters. The Morgan fingerprint density at radius 2 is 2.25 bits per heavy atom.